The van der Waals surface area contributed by atoms with Gasteiger partial charge >= 0.3 is 0 Å². The van der Waals surface area contributed by atoms with Gasteiger partial charge < -0.3 is 147 Å². The zero-order chi connectivity index (χ0) is 94.5. The van der Waals surface area contributed by atoms with Crippen LogP contribution in [0.3, 0.4) is 0 Å². The van der Waals surface area contributed by atoms with Crippen molar-refractivity contribution in [2.24, 2.45) is 23.5 Å². The molecule has 0 spiro atoms. The highest BCUT2D eigenvalue weighted by Crippen LogP contribution is 2.52. The third-order valence-corrected chi connectivity index (χ3v) is 25.1. The van der Waals surface area contributed by atoms with Gasteiger partial charge in [-0.05, 0) is 138 Å². The minimum Gasteiger partial charge on any atom is -0.507 e. The zero-order valence-electron chi connectivity index (χ0n) is 71.4. The highest BCUT2D eigenvalue weighted by molar-refractivity contribution is 6.32. The minimum atomic E-state index is -2.27. The monoisotopic (exact) mass is 1880 g/mol. The second-order valence-corrected chi connectivity index (χ2v) is 35.1. The van der Waals surface area contributed by atoms with Crippen LogP contribution < -0.4 is 51.8 Å². The summed E-state index contributed by atoms with van der Waals surface area (Å²) in [4.78, 5) is 120. The molecule has 7 aromatic rings. The van der Waals surface area contributed by atoms with Gasteiger partial charge in [0.15, 0.2) is 41.7 Å². The second kappa shape index (κ2) is 42.3. The number of fused-ring (bicyclic) bond motifs is 15. The summed E-state index contributed by atoms with van der Waals surface area (Å²) in [5, 5.41) is 167. The Labute approximate surface area is 765 Å². The molecule has 21 N–H and O–H groups in total. The number of phenols is 3. The van der Waals surface area contributed by atoms with E-state index in [0.29, 0.717) is 11.4 Å². The number of phenolic OH excluding ortho intramolecular Hbond substituents is 3. The highest BCUT2D eigenvalue weighted by atomic mass is 35.5. The van der Waals surface area contributed by atoms with E-state index in [2.05, 4.69) is 31.9 Å². The number of ether oxygens (including phenoxy) is 9. The summed E-state index contributed by atoms with van der Waals surface area (Å²) in [5.74, 6) is -17.8. The van der Waals surface area contributed by atoms with Gasteiger partial charge in [-0.3, -0.25) is 38.4 Å². The fourth-order valence-corrected chi connectivity index (χ4v) is 17.6. The number of halogens is 3. The largest absolute Gasteiger partial charge is 0.507 e. The molecule has 40 heteroatoms. The van der Waals surface area contributed by atoms with E-state index in [0.717, 1.165) is 65.2 Å². The molecular weight excluding hydrogens is 1780 g/mol. The van der Waals surface area contributed by atoms with Crippen molar-refractivity contribution in [2.45, 2.75) is 214 Å². The molecule has 0 aliphatic carbocycles. The first-order chi connectivity index (χ1) is 62.4. The van der Waals surface area contributed by atoms with E-state index in [4.69, 9.17) is 83.2 Å². The summed E-state index contributed by atoms with van der Waals surface area (Å²) in [5.41, 5.74) is 4.38. The topological polar surface area (TPSA) is 581 Å². The van der Waals surface area contributed by atoms with Gasteiger partial charge in [-0.25, -0.2) is 0 Å². The zero-order valence-corrected chi connectivity index (χ0v) is 73.6. The first-order valence-electron chi connectivity index (χ1n) is 42.4. The molecule has 131 heavy (non-hydrogen) atoms. The van der Waals surface area contributed by atoms with Crippen LogP contribution in [0.25, 0.3) is 22.3 Å². The van der Waals surface area contributed by atoms with Crippen molar-refractivity contribution >= 4 is 82.4 Å². The lowest BCUT2D eigenvalue weighted by molar-refractivity contribution is -0.334. The number of amides is 5. The molecule has 0 aromatic heterocycles. The highest BCUT2D eigenvalue weighted by Gasteiger charge is 2.53. The van der Waals surface area contributed by atoms with Crippen LogP contribution >= 0.6 is 34.8 Å². The summed E-state index contributed by atoms with van der Waals surface area (Å²) < 4.78 is 56.3. The third kappa shape index (κ3) is 22.0. The van der Waals surface area contributed by atoms with Crippen molar-refractivity contribution in [3.05, 3.63) is 175 Å². The molecule has 0 radical (unpaired) electrons. The number of hydrogen-bond donors (Lipinski definition) is 20. The molecule has 3 saturated heterocycles. The summed E-state index contributed by atoms with van der Waals surface area (Å²) >= 11 is 20.7. The maximum Gasteiger partial charge on any atom is 0.295 e. The molecule has 3 fully saturated rings. The van der Waals surface area contributed by atoms with Crippen molar-refractivity contribution in [1.82, 2.24) is 31.9 Å². The average molecular weight is 1880 g/mol. The van der Waals surface area contributed by atoms with Gasteiger partial charge in [0.05, 0.1) is 59.5 Å². The fraction of sp³-hybridized carbons (Fsp3) is 0.451. The third-order valence-electron chi connectivity index (χ3n) is 24.3. The van der Waals surface area contributed by atoms with E-state index in [1.165, 1.54) is 24.3 Å². The number of aromatic hydroxyl groups is 3. The molecule has 5 unspecified atom stereocenters. The SMILES string of the molecule is CC[C@H](CC(C)C)C(=O)N[C@H]1C(=O)C[C@@H](CC(N)=O)C(=O)N[C@H]2C(=O)C[C@@H]3C(=O)N[C@H](C(=O)N[C@H](OC=O)c4cc(O)c(CNCCO[C@@H]5OC(CO)[C@H](O)[C@H](O)C5O)c(O)c4-c4cc3ccc4O)[C@H](O)c3ccc(c(Cl)c3)Oc3cc2cc(c3O[C@@H]2O[C@H](CO)C(O)C(O)[C@H]2O[C@H]2CC(C)(NCc3ccc(-c4ccc(Cl)cc4)cc3)[C@H](O)[C@H](C)O2)Oc2ccc(cc2Cl)[C@H]1O. The normalized spacial score (nSPS) is 29.0. The summed E-state index contributed by atoms with van der Waals surface area (Å²) in [7, 11) is 0. The Morgan fingerprint density at radius 1 is 0.656 bits per heavy atom. The van der Waals surface area contributed by atoms with Crippen molar-refractivity contribution in [3.63, 3.8) is 0 Å². The standard InChI is InChI=1S/C91H104Cl3N7O30/c1-6-42(23-39(2)3)84(119)99-71-59(107)27-49(30-67(95)109)85(120)98-70-48-28-63(126-61-19-14-46(73(71)110)25-55(61)93)81(131-90-82(79(116)77(114)66(37-103)129-90)130-68-33-91(5,83(118)40(4)125-68)97-34-41-7-9-43(10-8-41)44-11-16-50(92)17-12-44)64(29-48)127-62-20-15-47(26-56(62)94)74(111)72-87(122)101-88(124-38-104)53-32-58(106)54(35-96-21-22-123-89-80(117)78(115)76(113)65(36-102)128-89)75(112)69(53)52-24-45(13-18-57(52)105)51(31-60(70)108)86(121)100-72/h7-20,24-26,28-29,32,38-40,42,49,51,65-66,68,70-74,76-80,82-83,88-90,96-97,102-103,105-106,110-118H,6,21-23,27,30-31,33-37H2,1-5H3,(H2,95,109)(H,98,120)(H,99,119)(H,100,121)(H,101,122)/t40-,42+,49-,51-,65?,66+,68-,70+,71-,72-,73+,74+,76-,77?,78-,79?,80?,82+,83+,88+,89+,90-,91?/m0/s1. The predicted molar refractivity (Wildman–Crippen MR) is 463 cm³/mol. The molecule has 0 saturated carbocycles. The maximum atomic E-state index is 16.6. The number of primary amides is 1. The van der Waals surface area contributed by atoms with Crippen molar-refractivity contribution in [1.29, 1.82) is 0 Å². The van der Waals surface area contributed by atoms with Crippen LogP contribution in [0, 0.1) is 17.8 Å². The number of hydrogen-bond acceptors (Lipinski definition) is 32. The lowest BCUT2D eigenvalue weighted by atomic mass is 9.84. The van der Waals surface area contributed by atoms with Crippen LogP contribution in [0.5, 0.6) is 46.0 Å². The van der Waals surface area contributed by atoms with Crippen molar-refractivity contribution in [3.8, 4) is 68.2 Å². The molecule has 8 aliphatic rings. The second-order valence-electron chi connectivity index (χ2n) is 33.9. The Kier molecular flexibility index (Phi) is 31.7. The molecule has 8 aliphatic heterocycles. The van der Waals surface area contributed by atoms with Crippen LogP contribution in [-0.4, -0.2) is 238 Å². The number of aliphatic hydroxyl groups is 10. The Bertz CT molecular complexity index is 5350. The lowest BCUT2D eigenvalue weighted by Gasteiger charge is -2.48. The number of rotatable bonds is 25. The van der Waals surface area contributed by atoms with Gasteiger partial charge in [0, 0.05) is 78.5 Å². The van der Waals surface area contributed by atoms with E-state index in [9.17, 15) is 80.8 Å². The molecule has 8 heterocycles. The number of ketones is 2. The van der Waals surface area contributed by atoms with E-state index in [1.54, 1.807) is 32.9 Å². The number of carbonyl (C=O) groups excluding carboxylic acids is 8. The van der Waals surface area contributed by atoms with Gasteiger partial charge in [0.2, 0.25) is 47.8 Å². The molecule has 704 valence electrons. The number of nitrogens with one attached hydrogen (secondary N) is 6. The molecular formula is C91H104Cl3N7O30. The molecule has 5 amide bonds. The van der Waals surface area contributed by atoms with Crippen LogP contribution in [-0.2, 0) is 79.9 Å². The number of carbonyl (C=O) groups is 8. The molecule has 15 rings (SSSR count). The minimum absolute atomic E-state index is 0.0475. The van der Waals surface area contributed by atoms with E-state index in [1.807, 2.05) is 50.2 Å². The maximum absolute atomic E-state index is 16.6. The van der Waals surface area contributed by atoms with Gasteiger partial charge in [-0.1, -0.05) is 110 Å². The fourth-order valence-electron chi connectivity index (χ4n) is 17.0. The Morgan fingerprint density at radius 2 is 1.27 bits per heavy atom. The predicted octanol–water partition coefficient (Wildman–Crippen LogP) is 4.62. The van der Waals surface area contributed by atoms with Crippen molar-refractivity contribution in [2.75, 3.05) is 26.4 Å². The Balaban J connectivity index is 0.961. The first kappa shape index (κ1) is 98.2. The molecule has 23 atom stereocenters. The number of benzene rings is 7. The van der Waals surface area contributed by atoms with Crippen LogP contribution in [0.2, 0.25) is 15.1 Å². The molecule has 11 bridgehead atoms. The molecule has 37 nitrogen and oxygen atoms in total. The van der Waals surface area contributed by atoms with Crippen LogP contribution in [0.4, 0.5) is 0 Å². The van der Waals surface area contributed by atoms with Gasteiger partial charge in [0.25, 0.3) is 6.47 Å². The smallest absolute Gasteiger partial charge is 0.295 e. The van der Waals surface area contributed by atoms with E-state index in [-0.39, 0.29) is 83.7 Å². The number of aliphatic hydroxyl groups excluding tert-OH is 10. The van der Waals surface area contributed by atoms with Gasteiger partial charge in [-0.2, -0.15) is 0 Å². The van der Waals surface area contributed by atoms with Gasteiger partial charge in [0.1, 0.15) is 102 Å². The Morgan fingerprint density at radius 3 is 1.89 bits per heavy atom. The van der Waals surface area contributed by atoms with E-state index < -0.39 is 282 Å². The van der Waals surface area contributed by atoms with Crippen molar-refractivity contribution < 1.29 is 147 Å². The van der Waals surface area contributed by atoms with Crippen LogP contribution in [0.15, 0.2) is 121 Å². The quantitative estimate of drug-likeness (QED) is 0.0274. The average Bonchev–Trinajstić information content (AvgIpc) is 0.757. The van der Waals surface area contributed by atoms with E-state index >= 15 is 24.0 Å². The van der Waals surface area contributed by atoms with Crippen LogP contribution in [0.1, 0.15) is 142 Å². The first-order valence-corrected chi connectivity index (χ1v) is 43.6. The number of Topliss-reactive ketones (excluding diaryl/α,β-unsaturated/α-hetero) is 2. The molecule has 7 aromatic carbocycles. The Hall–Kier alpha value is -10.3. The summed E-state index contributed by atoms with van der Waals surface area (Å²) in [6, 6.07) is 22.0. The number of nitrogens with two attached hydrogens (primary N) is 1. The lowest BCUT2D eigenvalue weighted by Crippen LogP contribution is -2.65. The summed E-state index contributed by atoms with van der Waals surface area (Å²) in [6.45, 7) is 6.04. The summed E-state index contributed by atoms with van der Waals surface area (Å²) in [6.07, 6.45) is -30.6. The van der Waals surface area contributed by atoms with Gasteiger partial charge in [-0.15, -0.1) is 0 Å².